The van der Waals surface area contributed by atoms with Crippen molar-refractivity contribution in [2.75, 3.05) is 19.7 Å². The minimum Gasteiger partial charge on any atom is -0.394 e. The van der Waals surface area contributed by atoms with Crippen LogP contribution in [0.15, 0.2) is 24.3 Å². The van der Waals surface area contributed by atoms with Gasteiger partial charge >= 0.3 is 0 Å². The van der Waals surface area contributed by atoms with Crippen molar-refractivity contribution in [2.45, 2.75) is 18.9 Å². The zero-order chi connectivity index (χ0) is 14.5. The third-order valence-electron chi connectivity index (χ3n) is 3.43. The standard InChI is InChI=1S/C14H17FN2O3/c15-12-6-2-1-5-11(12)14(20)16-8-13(19)17-7-3-4-10(17)9-18/h1-2,5-6,10,18H,3-4,7-9H2,(H,16,20)/t10-/m0/s1. The predicted molar refractivity (Wildman–Crippen MR) is 70.6 cm³/mol. The van der Waals surface area contributed by atoms with Crippen LogP contribution >= 0.6 is 0 Å². The molecule has 20 heavy (non-hydrogen) atoms. The first-order chi connectivity index (χ1) is 9.63. The maximum absolute atomic E-state index is 13.4. The Morgan fingerprint density at radius 1 is 1.40 bits per heavy atom. The number of hydrogen-bond donors (Lipinski definition) is 2. The van der Waals surface area contributed by atoms with Gasteiger partial charge < -0.3 is 15.3 Å². The van der Waals surface area contributed by atoms with Crippen molar-refractivity contribution in [3.8, 4) is 0 Å². The molecule has 2 N–H and O–H groups in total. The number of amides is 2. The Kier molecular flexibility index (Phi) is 4.68. The molecule has 1 atom stereocenters. The highest BCUT2D eigenvalue weighted by Gasteiger charge is 2.28. The van der Waals surface area contributed by atoms with Gasteiger partial charge in [0.1, 0.15) is 5.82 Å². The van der Waals surface area contributed by atoms with Crippen molar-refractivity contribution in [1.82, 2.24) is 10.2 Å². The molecular weight excluding hydrogens is 263 g/mol. The maximum atomic E-state index is 13.4. The largest absolute Gasteiger partial charge is 0.394 e. The van der Waals surface area contributed by atoms with Crippen molar-refractivity contribution < 1.29 is 19.1 Å². The summed E-state index contributed by atoms with van der Waals surface area (Å²) < 4.78 is 13.4. The summed E-state index contributed by atoms with van der Waals surface area (Å²) in [5.74, 6) is -1.49. The molecule has 0 radical (unpaired) electrons. The quantitative estimate of drug-likeness (QED) is 0.845. The smallest absolute Gasteiger partial charge is 0.254 e. The van der Waals surface area contributed by atoms with Gasteiger partial charge in [0.15, 0.2) is 0 Å². The Hall–Kier alpha value is -1.95. The van der Waals surface area contributed by atoms with E-state index in [1.54, 1.807) is 11.0 Å². The molecule has 2 amide bonds. The summed E-state index contributed by atoms with van der Waals surface area (Å²) in [7, 11) is 0. The molecular formula is C14H17FN2O3. The lowest BCUT2D eigenvalue weighted by Crippen LogP contribution is -2.43. The minimum atomic E-state index is -0.619. The molecule has 108 valence electrons. The molecule has 1 aliphatic heterocycles. The number of aliphatic hydroxyl groups excluding tert-OH is 1. The number of carbonyl (C=O) groups is 2. The summed E-state index contributed by atoms with van der Waals surface area (Å²) in [4.78, 5) is 25.3. The second-order valence-corrected chi connectivity index (χ2v) is 4.73. The van der Waals surface area contributed by atoms with E-state index in [-0.39, 0.29) is 30.7 Å². The van der Waals surface area contributed by atoms with Gasteiger partial charge in [-0.2, -0.15) is 0 Å². The van der Waals surface area contributed by atoms with Crippen LogP contribution in [0.2, 0.25) is 0 Å². The summed E-state index contributed by atoms with van der Waals surface area (Å²) >= 11 is 0. The van der Waals surface area contributed by atoms with Crippen LogP contribution < -0.4 is 5.32 Å². The summed E-state index contributed by atoms with van der Waals surface area (Å²) in [5, 5.41) is 11.6. The zero-order valence-corrected chi connectivity index (χ0v) is 11.0. The van der Waals surface area contributed by atoms with Crippen molar-refractivity contribution in [3.63, 3.8) is 0 Å². The van der Waals surface area contributed by atoms with E-state index in [4.69, 9.17) is 5.11 Å². The number of hydrogen-bond acceptors (Lipinski definition) is 3. The lowest BCUT2D eigenvalue weighted by Gasteiger charge is -2.23. The van der Waals surface area contributed by atoms with Crippen LogP contribution in [0.25, 0.3) is 0 Å². The second kappa shape index (κ2) is 6.47. The van der Waals surface area contributed by atoms with Crippen molar-refractivity contribution in [2.24, 2.45) is 0 Å². The first kappa shape index (κ1) is 14.5. The normalized spacial score (nSPS) is 18.1. The maximum Gasteiger partial charge on any atom is 0.254 e. The monoisotopic (exact) mass is 280 g/mol. The van der Waals surface area contributed by atoms with Gasteiger partial charge in [-0.3, -0.25) is 9.59 Å². The number of benzene rings is 1. The molecule has 1 heterocycles. The fourth-order valence-corrected chi connectivity index (χ4v) is 2.35. The van der Waals surface area contributed by atoms with Crippen LogP contribution in [0.5, 0.6) is 0 Å². The molecule has 5 nitrogen and oxygen atoms in total. The Morgan fingerprint density at radius 3 is 2.85 bits per heavy atom. The number of nitrogens with zero attached hydrogens (tertiary/aromatic N) is 1. The highest BCUT2D eigenvalue weighted by atomic mass is 19.1. The molecule has 1 fully saturated rings. The number of carbonyl (C=O) groups excluding carboxylic acids is 2. The average molecular weight is 280 g/mol. The average Bonchev–Trinajstić information content (AvgIpc) is 2.93. The topological polar surface area (TPSA) is 69.6 Å². The molecule has 0 aromatic heterocycles. The van der Waals surface area contributed by atoms with Gasteiger partial charge in [0.2, 0.25) is 5.91 Å². The van der Waals surface area contributed by atoms with Gasteiger partial charge in [0.25, 0.3) is 5.91 Å². The zero-order valence-electron chi connectivity index (χ0n) is 11.0. The molecule has 6 heteroatoms. The summed E-state index contributed by atoms with van der Waals surface area (Å²) in [6, 6.07) is 5.43. The van der Waals surface area contributed by atoms with E-state index in [1.807, 2.05) is 0 Å². The molecule has 0 bridgehead atoms. The first-order valence-electron chi connectivity index (χ1n) is 6.56. The Bertz CT molecular complexity index is 507. The molecule has 0 unspecified atom stereocenters. The molecule has 1 aliphatic rings. The number of halogens is 1. The van der Waals surface area contributed by atoms with Crippen LogP contribution in [0.4, 0.5) is 4.39 Å². The van der Waals surface area contributed by atoms with Gasteiger partial charge in [-0.15, -0.1) is 0 Å². The molecule has 0 aliphatic carbocycles. The summed E-state index contributed by atoms with van der Waals surface area (Å²) in [6.45, 7) is 0.316. The SMILES string of the molecule is O=C(NCC(=O)N1CCC[C@H]1CO)c1ccccc1F. The molecule has 1 aromatic rings. The van der Waals surface area contributed by atoms with E-state index in [0.717, 1.165) is 12.8 Å². The van der Waals surface area contributed by atoms with Crippen molar-refractivity contribution in [3.05, 3.63) is 35.6 Å². The lowest BCUT2D eigenvalue weighted by molar-refractivity contribution is -0.131. The second-order valence-electron chi connectivity index (χ2n) is 4.73. The van der Waals surface area contributed by atoms with Crippen LogP contribution in [-0.4, -0.2) is 47.6 Å². The van der Waals surface area contributed by atoms with Crippen LogP contribution in [-0.2, 0) is 4.79 Å². The Balaban J connectivity index is 1.90. The molecule has 1 saturated heterocycles. The minimum absolute atomic E-state index is 0.0764. The van der Waals surface area contributed by atoms with Gasteiger partial charge in [-0.05, 0) is 25.0 Å². The third kappa shape index (κ3) is 3.14. The number of rotatable bonds is 4. The van der Waals surface area contributed by atoms with Gasteiger partial charge in [-0.1, -0.05) is 12.1 Å². The Morgan fingerprint density at radius 2 is 2.15 bits per heavy atom. The van der Waals surface area contributed by atoms with Gasteiger partial charge in [-0.25, -0.2) is 4.39 Å². The van der Waals surface area contributed by atoms with Gasteiger partial charge in [0, 0.05) is 6.54 Å². The molecule has 0 spiro atoms. The highest BCUT2D eigenvalue weighted by molar-refractivity contribution is 5.96. The van der Waals surface area contributed by atoms with E-state index in [1.165, 1.54) is 18.2 Å². The van der Waals surface area contributed by atoms with Crippen LogP contribution in [0.3, 0.4) is 0 Å². The van der Waals surface area contributed by atoms with E-state index in [0.29, 0.717) is 6.54 Å². The fourth-order valence-electron chi connectivity index (χ4n) is 2.35. The molecule has 2 rings (SSSR count). The molecule has 0 saturated carbocycles. The highest BCUT2D eigenvalue weighted by Crippen LogP contribution is 2.16. The number of likely N-dealkylation sites (tertiary alicyclic amines) is 1. The first-order valence-corrected chi connectivity index (χ1v) is 6.56. The van der Waals surface area contributed by atoms with E-state index in [9.17, 15) is 14.0 Å². The lowest BCUT2D eigenvalue weighted by atomic mass is 10.2. The van der Waals surface area contributed by atoms with Crippen molar-refractivity contribution in [1.29, 1.82) is 0 Å². The third-order valence-corrected chi connectivity index (χ3v) is 3.43. The fraction of sp³-hybridized carbons (Fsp3) is 0.429. The van der Waals surface area contributed by atoms with Crippen LogP contribution in [0.1, 0.15) is 23.2 Å². The predicted octanol–water partition coefficient (Wildman–Crippen LogP) is 0.539. The Labute approximate surface area is 116 Å². The van der Waals surface area contributed by atoms with E-state index >= 15 is 0 Å². The van der Waals surface area contributed by atoms with Gasteiger partial charge in [0.05, 0.1) is 24.8 Å². The van der Waals surface area contributed by atoms with Crippen molar-refractivity contribution >= 4 is 11.8 Å². The number of nitrogens with one attached hydrogen (secondary N) is 1. The van der Waals surface area contributed by atoms with Crippen LogP contribution in [0, 0.1) is 5.82 Å². The number of aliphatic hydroxyl groups is 1. The summed E-state index contributed by atoms with van der Waals surface area (Å²) in [6.07, 6.45) is 1.61. The summed E-state index contributed by atoms with van der Waals surface area (Å²) in [5.41, 5.74) is -0.0829. The van der Waals surface area contributed by atoms with E-state index < -0.39 is 11.7 Å². The molecule has 1 aromatic carbocycles. The van der Waals surface area contributed by atoms with E-state index in [2.05, 4.69) is 5.32 Å².